The van der Waals surface area contributed by atoms with Crippen LogP contribution in [0.4, 0.5) is 0 Å². The van der Waals surface area contributed by atoms with E-state index in [1.807, 2.05) is 25.4 Å². The third kappa shape index (κ3) is 3.65. The summed E-state index contributed by atoms with van der Waals surface area (Å²) in [4.78, 5) is 3.25. The molecule has 0 saturated carbocycles. The van der Waals surface area contributed by atoms with Crippen molar-refractivity contribution in [2.45, 2.75) is 25.2 Å². The van der Waals surface area contributed by atoms with Gasteiger partial charge in [-0.1, -0.05) is 0 Å². The molecule has 0 atom stereocenters. The minimum atomic E-state index is -3.51. The fourth-order valence-corrected chi connectivity index (χ4v) is 3.54. The summed E-state index contributed by atoms with van der Waals surface area (Å²) in [5.41, 5.74) is 2.54. The van der Waals surface area contributed by atoms with Crippen molar-refractivity contribution in [2.75, 3.05) is 13.7 Å². The number of H-pyrrole nitrogens is 1. The van der Waals surface area contributed by atoms with Gasteiger partial charge in [0.1, 0.15) is 5.75 Å². The van der Waals surface area contributed by atoms with Gasteiger partial charge in [0.15, 0.2) is 0 Å². The molecule has 0 fully saturated rings. The first-order valence-electron chi connectivity index (χ1n) is 6.70. The molecule has 0 aliphatic carbocycles. The van der Waals surface area contributed by atoms with Crippen molar-refractivity contribution in [2.24, 2.45) is 0 Å². The number of nitrogens with one attached hydrogen (secondary N) is 2. The summed E-state index contributed by atoms with van der Waals surface area (Å²) in [6.45, 7) is 3.96. The fourth-order valence-electron chi connectivity index (χ4n) is 2.19. The number of methoxy groups -OCH3 is 1. The Morgan fingerprint density at radius 3 is 2.62 bits per heavy atom. The zero-order valence-electron chi connectivity index (χ0n) is 12.4. The molecule has 5 nitrogen and oxygen atoms in total. The van der Waals surface area contributed by atoms with Crippen molar-refractivity contribution in [1.82, 2.24) is 9.71 Å². The van der Waals surface area contributed by atoms with Crippen LogP contribution in [0.2, 0.25) is 0 Å². The van der Waals surface area contributed by atoms with Gasteiger partial charge in [-0.15, -0.1) is 0 Å². The second-order valence-electron chi connectivity index (χ2n) is 4.95. The monoisotopic (exact) mass is 308 g/mol. The number of hydrogen-bond acceptors (Lipinski definition) is 3. The molecule has 1 aromatic heterocycles. The molecule has 0 aliphatic rings. The van der Waals surface area contributed by atoms with Crippen LogP contribution in [-0.4, -0.2) is 27.1 Å². The van der Waals surface area contributed by atoms with Crippen LogP contribution in [0.5, 0.6) is 5.75 Å². The van der Waals surface area contributed by atoms with E-state index in [1.54, 1.807) is 26.2 Å². The largest absolute Gasteiger partial charge is 0.496 e. The third-order valence-corrected chi connectivity index (χ3v) is 4.95. The Bertz CT molecular complexity index is 707. The van der Waals surface area contributed by atoms with Crippen LogP contribution in [0.25, 0.3) is 0 Å². The van der Waals surface area contributed by atoms with Crippen molar-refractivity contribution in [3.05, 3.63) is 47.3 Å². The van der Waals surface area contributed by atoms with Gasteiger partial charge >= 0.3 is 0 Å². The standard InChI is InChI=1S/C15H20N2O3S/c1-11-9-15(12(2)8-14(11)20-3)21(18,19)17-7-5-13-4-6-16-10-13/h4,6,8-10,16-17H,5,7H2,1-3H3. The lowest BCUT2D eigenvalue weighted by Crippen LogP contribution is -2.26. The Kier molecular flexibility index (Phi) is 4.69. The maximum absolute atomic E-state index is 12.4. The first-order chi connectivity index (χ1) is 9.94. The summed E-state index contributed by atoms with van der Waals surface area (Å²) in [6, 6.07) is 5.32. The Morgan fingerprint density at radius 1 is 1.24 bits per heavy atom. The molecule has 2 N–H and O–H groups in total. The van der Waals surface area contributed by atoms with Crippen LogP contribution in [0.3, 0.4) is 0 Å². The molecule has 0 amide bonds. The van der Waals surface area contributed by atoms with Crippen LogP contribution < -0.4 is 9.46 Å². The number of aromatic nitrogens is 1. The molecular formula is C15H20N2O3S. The molecule has 0 saturated heterocycles. The van der Waals surface area contributed by atoms with E-state index < -0.39 is 10.0 Å². The predicted octanol–water partition coefficient (Wildman–Crippen LogP) is 2.16. The average molecular weight is 308 g/mol. The van der Waals surface area contributed by atoms with E-state index >= 15 is 0 Å². The van der Waals surface area contributed by atoms with Gasteiger partial charge in [0.25, 0.3) is 0 Å². The van der Waals surface area contributed by atoms with E-state index in [1.165, 1.54) is 0 Å². The highest BCUT2D eigenvalue weighted by molar-refractivity contribution is 7.89. The average Bonchev–Trinajstić information content (AvgIpc) is 2.93. The molecular weight excluding hydrogens is 288 g/mol. The van der Waals surface area contributed by atoms with Crippen LogP contribution >= 0.6 is 0 Å². The summed E-state index contributed by atoms with van der Waals surface area (Å²) < 4.78 is 32.6. The Labute approximate surface area is 125 Å². The van der Waals surface area contributed by atoms with Gasteiger partial charge in [-0.05, 0) is 55.2 Å². The third-order valence-electron chi connectivity index (χ3n) is 3.35. The number of aromatic amines is 1. The van der Waals surface area contributed by atoms with Crippen LogP contribution in [0.15, 0.2) is 35.5 Å². The molecule has 0 aliphatic heterocycles. The summed E-state index contributed by atoms with van der Waals surface area (Å²) in [5.74, 6) is 0.693. The SMILES string of the molecule is COc1cc(C)c(S(=O)(=O)NCCc2cc[nH]c2)cc1C. The highest BCUT2D eigenvalue weighted by atomic mass is 32.2. The summed E-state index contributed by atoms with van der Waals surface area (Å²) in [7, 11) is -1.93. The molecule has 0 radical (unpaired) electrons. The van der Waals surface area contributed by atoms with Gasteiger partial charge in [0, 0.05) is 18.9 Å². The smallest absolute Gasteiger partial charge is 0.240 e. The first-order valence-corrected chi connectivity index (χ1v) is 8.19. The second-order valence-corrected chi connectivity index (χ2v) is 6.69. The molecule has 1 aromatic carbocycles. The van der Waals surface area contributed by atoms with Gasteiger partial charge in [-0.3, -0.25) is 0 Å². The quantitative estimate of drug-likeness (QED) is 0.859. The molecule has 0 unspecified atom stereocenters. The lowest BCUT2D eigenvalue weighted by molar-refractivity contribution is 0.411. The van der Waals surface area contributed by atoms with E-state index in [9.17, 15) is 8.42 Å². The van der Waals surface area contributed by atoms with Crippen LogP contribution in [0, 0.1) is 13.8 Å². The van der Waals surface area contributed by atoms with E-state index in [2.05, 4.69) is 9.71 Å². The summed E-state index contributed by atoms with van der Waals surface area (Å²) in [6.07, 6.45) is 4.33. The summed E-state index contributed by atoms with van der Waals surface area (Å²) >= 11 is 0. The number of benzene rings is 1. The van der Waals surface area contributed by atoms with Crippen molar-refractivity contribution >= 4 is 10.0 Å². The molecule has 1 heterocycles. The maximum atomic E-state index is 12.4. The first kappa shape index (κ1) is 15.6. The Balaban J connectivity index is 2.14. The van der Waals surface area contributed by atoms with Crippen molar-refractivity contribution in [1.29, 1.82) is 0 Å². The number of rotatable bonds is 6. The minimum Gasteiger partial charge on any atom is -0.496 e. The maximum Gasteiger partial charge on any atom is 0.240 e. The van der Waals surface area contributed by atoms with Gasteiger partial charge in [0.05, 0.1) is 12.0 Å². The fraction of sp³-hybridized carbons (Fsp3) is 0.333. The predicted molar refractivity (Wildman–Crippen MR) is 82.2 cm³/mol. The molecule has 6 heteroatoms. The van der Waals surface area contributed by atoms with E-state index in [4.69, 9.17) is 4.74 Å². The number of sulfonamides is 1. The van der Waals surface area contributed by atoms with Crippen molar-refractivity contribution < 1.29 is 13.2 Å². The normalized spacial score (nSPS) is 11.6. The topological polar surface area (TPSA) is 71.2 Å². The molecule has 114 valence electrons. The number of ether oxygens (including phenoxy) is 1. The number of hydrogen-bond donors (Lipinski definition) is 2. The molecule has 2 aromatic rings. The molecule has 2 rings (SSSR count). The lowest BCUT2D eigenvalue weighted by Gasteiger charge is -2.12. The van der Waals surface area contributed by atoms with Gasteiger partial charge < -0.3 is 9.72 Å². The molecule has 0 bridgehead atoms. The van der Waals surface area contributed by atoms with Crippen molar-refractivity contribution in [3.8, 4) is 5.75 Å². The zero-order chi connectivity index (χ0) is 15.5. The molecule has 0 spiro atoms. The Hall–Kier alpha value is -1.79. The highest BCUT2D eigenvalue weighted by Crippen LogP contribution is 2.25. The van der Waals surface area contributed by atoms with Crippen LogP contribution in [-0.2, 0) is 16.4 Å². The van der Waals surface area contributed by atoms with E-state index in [0.717, 1.165) is 11.1 Å². The van der Waals surface area contributed by atoms with Gasteiger partial charge in [-0.2, -0.15) is 0 Å². The highest BCUT2D eigenvalue weighted by Gasteiger charge is 2.18. The van der Waals surface area contributed by atoms with Gasteiger partial charge in [-0.25, -0.2) is 13.1 Å². The van der Waals surface area contributed by atoms with Gasteiger partial charge in [0.2, 0.25) is 10.0 Å². The van der Waals surface area contributed by atoms with E-state index in [0.29, 0.717) is 29.2 Å². The lowest BCUT2D eigenvalue weighted by atomic mass is 10.1. The molecule has 21 heavy (non-hydrogen) atoms. The Morgan fingerprint density at radius 2 is 2.00 bits per heavy atom. The zero-order valence-corrected chi connectivity index (χ0v) is 13.3. The number of aryl methyl sites for hydroxylation is 2. The van der Waals surface area contributed by atoms with Crippen LogP contribution in [0.1, 0.15) is 16.7 Å². The summed E-state index contributed by atoms with van der Waals surface area (Å²) in [5, 5.41) is 0. The van der Waals surface area contributed by atoms with Crippen molar-refractivity contribution in [3.63, 3.8) is 0 Å². The minimum absolute atomic E-state index is 0.301. The van der Waals surface area contributed by atoms with E-state index in [-0.39, 0.29) is 0 Å². The second kappa shape index (κ2) is 6.32.